The molecule has 0 bridgehead atoms. The van der Waals surface area contributed by atoms with Crippen LogP contribution < -0.4 is 5.32 Å². The van der Waals surface area contributed by atoms with Crippen molar-refractivity contribution in [3.05, 3.63) is 46.0 Å². The largest absolute Gasteiger partial charge is 0.296 e. The molecule has 0 radical (unpaired) electrons. The van der Waals surface area contributed by atoms with Crippen LogP contribution in [0.5, 0.6) is 0 Å². The Morgan fingerprint density at radius 3 is 2.71 bits per heavy atom. The fourth-order valence-electron chi connectivity index (χ4n) is 1.75. The summed E-state index contributed by atoms with van der Waals surface area (Å²) in [5, 5.41) is 8.43. The van der Waals surface area contributed by atoms with E-state index in [4.69, 9.17) is 0 Å². The van der Waals surface area contributed by atoms with Crippen molar-refractivity contribution in [3.8, 4) is 11.3 Å². The van der Waals surface area contributed by atoms with Crippen LogP contribution in [-0.4, -0.2) is 20.5 Å². The van der Waals surface area contributed by atoms with E-state index in [0.717, 1.165) is 27.7 Å². The summed E-state index contributed by atoms with van der Waals surface area (Å²) >= 11 is 2.47. The summed E-state index contributed by atoms with van der Waals surface area (Å²) in [5.41, 5.74) is 1.80. The monoisotopic (exact) mass is 320 g/mol. The number of carbonyl (C=O) groups excluding carboxylic acids is 1. The van der Waals surface area contributed by atoms with E-state index in [1.54, 1.807) is 17.5 Å². The molecule has 1 aromatic carbocycles. The highest BCUT2D eigenvalue weighted by Crippen LogP contribution is 2.30. The normalized spacial score (nSPS) is 10.6. The first-order valence-electron chi connectivity index (χ1n) is 5.95. The summed E-state index contributed by atoms with van der Waals surface area (Å²) in [6, 6.07) is 6.08. The van der Waals surface area contributed by atoms with Gasteiger partial charge in [0.1, 0.15) is 5.82 Å². The number of halogens is 1. The molecule has 3 rings (SSSR count). The minimum absolute atomic E-state index is 0.260. The molecular weight excluding hydrogens is 311 g/mol. The molecule has 3 aromatic rings. The number of anilines is 1. The predicted molar refractivity (Wildman–Crippen MR) is 80.1 cm³/mol. The van der Waals surface area contributed by atoms with Crippen LogP contribution in [0.25, 0.3) is 11.3 Å². The van der Waals surface area contributed by atoms with E-state index in [1.165, 1.54) is 23.5 Å². The average molecular weight is 320 g/mol. The number of carbonyl (C=O) groups is 1. The predicted octanol–water partition coefficient (Wildman–Crippen LogP) is 3.36. The molecule has 1 N–H and O–H groups in total. The smallest absolute Gasteiger partial charge is 0.278 e. The molecule has 2 heterocycles. The zero-order chi connectivity index (χ0) is 14.8. The molecular formula is C13H9FN4OS2. The van der Waals surface area contributed by atoms with Crippen LogP contribution in [0.15, 0.2) is 29.6 Å². The highest BCUT2D eigenvalue weighted by atomic mass is 32.1. The topological polar surface area (TPSA) is 67.8 Å². The summed E-state index contributed by atoms with van der Waals surface area (Å²) < 4.78 is 16.6. The highest BCUT2D eigenvalue weighted by molar-refractivity contribution is 7.16. The van der Waals surface area contributed by atoms with E-state index < -0.39 is 0 Å². The number of hydrogen-bond donors (Lipinski definition) is 1. The van der Waals surface area contributed by atoms with E-state index >= 15 is 0 Å². The number of aryl methyl sites for hydroxylation is 1. The van der Waals surface area contributed by atoms with E-state index in [1.807, 2.05) is 6.92 Å². The van der Waals surface area contributed by atoms with Crippen molar-refractivity contribution in [2.75, 3.05) is 5.32 Å². The molecule has 0 unspecified atom stereocenters. The Morgan fingerprint density at radius 2 is 2.05 bits per heavy atom. The Hall–Kier alpha value is -2.19. The zero-order valence-electron chi connectivity index (χ0n) is 10.8. The van der Waals surface area contributed by atoms with Gasteiger partial charge in [0, 0.05) is 15.8 Å². The number of nitrogens with zero attached hydrogens (tertiary/aromatic N) is 3. The number of rotatable bonds is 3. The lowest BCUT2D eigenvalue weighted by Gasteiger charge is -1.98. The molecule has 0 atom stereocenters. The van der Waals surface area contributed by atoms with Gasteiger partial charge in [-0.2, -0.15) is 0 Å². The number of amides is 1. The van der Waals surface area contributed by atoms with E-state index in [0.29, 0.717) is 5.13 Å². The van der Waals surface area contributed by atoms with Crippen LogP contribution in [0.4, 0.5) is 9.52 Å². The van der Waals surface area contributed by atoms with Crippen LogP contribution in [0.3, 0.4) is 0 Å². The van der Waals surface area contributed by atoms with Crippen LogP contribution in [0.1, 0.15) is 15.4 Å². The molecule has 106 valence electrons. The Labute approximate surface area is 127 Å². The van der Waals surface area contributed by atoms with Crippen molar-refractivity contribution in [1.82, 2.24) is 14.6 Å². The first-order chi connectivity index (χ1) is 10.1. The van der Waals surface area contributed by atoms with Gasteiger partial charge in [-0.1, -0.05) is 4.49 Å². The Bertz CT molecular complexity index is 768. The molecule has 5 nitrogen and oxygen atoms in total. The van der Waals surface area contributed by atoms with Crippen molar-refractivity contribution >= 4 is 33.9 Å². The summed E-state index contributed by atoms with van der Waals surface area (Å²) in [7, 11) is 0. The Balaban J connectivity index is 1.84. The highest BCUT2D eigenvalue weighted by Gasteiger charge is 2.14. The van der Waals surface area contributed by atoms with Crippen LogP contribution in [0, 0.1) is 12.7 Å². The minimum atomic E-state index is -0.344. The second-order valence-electron chi connectivity index (χ2n) is 4.17. The zero-order valence-corrected chi connectivity index (χ0v) is 12.5. The van der Waals surface area contributed by atoms with Gasteiger partial charge in [0.15, 0.2) is 10.8 Å². The number of thiazole rings is 1. The van der Waals surface area contributed by atoms with E-state index in [2.05, 4.69) is 19.9 Å². The van der Waals surface area contributed by atoms with Crippen molar-refractivity contribution in [2.45, 2.75) is 6.92 Å². The third-order valence-corrected chi connectivity index (χ3v) is 4.12. The van der Waals surface area contributed by atoms with Gasteiger partial charge in [-0.25, -0.2) is 9.37 Å². The maximum absolute atomic E-state index is 13.0. The van der Waals surface area contributed by atoms with Gasteiger partial charge in [0.05, 0.1) is 5.69 Å². The van der Waals surface area contributed by atoms with Gasteiger partial charge in [0.25, 0.3) is 5.91 Å². The second kappa shape index (κ2) is 5.66. The van der Waals surface area contributed by atoms with E-state index in [-0.39, 0.29) is 17.4 Å². The molecule has 0 saturated heterocycles. The van der Waals surface area contributed by atoms with Crippen LogP contribution >= 0.6 is 22.9 Å². The van der Waals surface area contributed by atoms with Gasteiger partial charge in [-0.15, -0.1) is 16.4 Å². The third kappa shape index (κ3) is 2.96. The molecule has 0 aliphatic rings. The summed E-state index contributed by atoms with van der Waals surface area (Å²) in [6.07, 6.45) is 0. The SMILES string of the molecule is Cc1sc(NC(=O)c2csnn2)nc1-c1ccc(F)cc1. The van der Waals surface area contributed by atoms with Crippen LogP contribution in [-0.2, 0) is 0 Å². The summed E-state index contributed by atoms with van der Waals surface area (Å²) in [4.78, 5) is 17.2. The van der Waals surface area contributed by atoms with Crippen molar-refractivity contribution in [3.63, 3.8) is 0 Å². The lowest BCUT2D eigenvalue weighted by atomic mass is 10.1. The Morgan fingerprint density at radius 1 is 1.29 bits per heavy atom. The van der Waals surface area contributed by atoms with Crippen LogP contribution in [0.2, 0.25) is 0 Å². The molecule has 2 aromatic heterocycles. The average Bonchev–Trinajstić information content (AvgIpc) is 3.10. The first-order valence-corrected chi connectivity index (χ1v) is 7.60. The number of aromatic nitrogens is 3. The molecule has 0 aliphatic carbocycles. The van der Waals surface area contributed by atoms with Gasteiger partial charge >= 0.3 is 0 Å². The quantitative estimate of drug-likeness (QED) is 0.803. The molecule has 0 aliphatic heterocycles. The Kier molecular flexibility index (Phi) is 3.72. The van der Waals surface area contributed by atoms with Crippen molar-refractivity contribution in [2.24, 2.45) is 0 Å². The fourth-order valence-corrected chi connectivity index (χ4v) is 3.02. The second-order valence-corrected chi connectivity index (χ2v) is 5.99. The van der Waals surface area contributed by atoms with Gasteiger partial charge in [-0.3, -0.25) is 10.1 Å². The first kappa shape index (κ1) is 13.8. The third-order valence-electron chi connectivity index (χ3n) is 2.73. The summed E-state index contributed by atoms with van der Waals surface area (Å²) in [6.45, 7) is 1.90. The minimum Gasteiger partial charge on any atom is -0.296 e. The molecule has 0 fully saturated rings. The maximum atomic E-state index is 13.0. The maximum Gasteiger partial charge on any atom is 0.278 e. The van der Waals surface area contributed by atoms with Crippen molar-refractivity contribution in [1.29, 1.82) is 0 Å². The fraction of sp³-hybridized carbons (Fsp3) is 0.0769. The number of hydrogen-bond acceptors (Lipinski definition) is 6. The van der Waals surface area contributed by atoms with Gasteiger partial charge in [0.2, 0.25) is 0 Å². The number of benzene rings is 1. The lowest BCUT2D eigenvalue weighted by molar-refractivity contribution is 0.102. The number of nitrogens with one attached hydrogen (secondary N) is 1. The summed E-state index contributed by atoms with van der Waals surface area (Å²) in [5.74, 6) is -0.639. The van der Waals surface area contributed by atoms with E-state index in [9.17, 15) is 9.18 Å². The lowest BCUT2D eigenvalue weighted by Crippen LogP contribution is -2.12. The molecule has 0 saturated carbocycles. The molecule has 8 heteroatoms. The molecule has 0 spiro atoms. The molecule has 21 heavy (non-hydrogen) atoms. The van der Waals surface area contributed by atoms with Crippen molar-refractivity contribution < 1.29 is 9.18 Å². The van der Waals surface area contributed by atoms with Gasteiger partial charge in [-0.05, 0) is 42.7 Å². The van der Waals surface area contributed by atoms with Gasteiger partial charge < -0.3 is 0 Å². The molecule has 1 amide bonds. The standard InChI is InChI=1S/C13H9FN4OS2/c1-7-11(8-2-4-9(14)5-3-8)15-13(21-7)16-12(19)10-6-20-18-17-10/h2-6H,1H3,(H,15,16,19).